The summed E-state index contributed by atoms with van der Waals surface area (Å²) in [4.78, 5) is 19.6. The lowest BCUT2D eigenvalue weighted by atomic mass is 9.98. The molecule has 0 atom stereocenters. The van der Waals surface area contributed by atoms with Crippen LogP contribution in [0, 0.1) is 0 Å². The summed E-state index contributed by atoms with van der Waals surface area (Å²) in [5.41, 5.74) is 10.3. The molecule has 36 heavy (non-hydrogen) atoms. The number of fused-ring (bicyclic) bond motifs is 2. The Balaban J connectivity index is 1.46. The van der Waals surface area contributed by atoms with Gasteiger partial charge in [0.05, 0.1) is 16.4 Å². The molecule has 0 spiro atoms. The molecule has 0 saturated heterocycles. The van der Waals surface area contributed by atoms with E-state index in [0.29, 0.717) is 5.65 Å². The number of pyridine rings is 2. The highest BCUT2D eigenvalue weighted by molar-refractivity contribution is 5.97. The van der Waals surface area contributed by atoms with E-state index >= 15 is 0 Å². The minimum absolute atomic E-state index is 0.668. The lowest BCUT2D eigenvalue weighted by molar-refractivity contribution is 0.402. The Kier molecular flexibility index (Phi) is 5.54. The molecule has 4 aromatic heterocycles. The zero-order chi connectivity index (χ0) is 24.6. The van der Waals surface area contributed by atoms with Crippen LogP contribution in [-0.2, 0) is 13.0 Å². The van der Waals surface area contributed by atoms with Gasteiger partial charge in [-0.05, 0) is 61.5 Å². The first-order chi connectivity index (χ1) is 17.6. The molecule has 2 aromatic carbocycles. The van der Waals surface area contributed by atoms with E-state index in [2.05, 4.69) is 81.4 Å². The van der Waals surface area contributed by atoms with Crippen molar-refractivity contribution in [2.24, 2.45) is 0 Å². The molecule has 0 amide bonds. The van der Waals surface area contributed by atoms with Crippen molar-refractivity contribution >= 4 is 22.1 Å². The zero-order valence-corrected chi connectivity index (χ0v) is 20.6. The maximum absolute atomic E-state index is 4.97. The summed E-state index contributed by atoms with van der Waals surface area (Å²) in [7, 11) is 4.19. The molecule has 0 fully saturated rings. The van der Waals surface area contributed by atoms with E-state index in [1.165, 1.54) is 11.1 Å². The van der Waals surface area contributed by atoms with E-state index in [-0.39, 0.29) is 0 Å². The van der Waals surface area contributed by atoms with Gasteiger partial charge in [-0.3, -0.25) is 10.1 Å². The van der Waals surface area contributed by atoms with Gasteiger partial charge in [-0.15, -0.1) is 0 Å². The number of aromatic nitrogens is 6. The fourth-order valence-electron chi connectivity index (χ4n) is 4.73. The van der Waals surface area contributed by atoms with Crippen LogP contribution in [-0.4, -0.2) is 49.1 Å². The maximum atomic E-state index is 4.97. The van der Waals surface area contributed by atoms with Crippen molar-refractivity contribution in [2.45, 2.75) is 19.9 Å². The molecule has 7 heteroatoms. The lowest BCUT2D eigenvalue weighted by Crippen LogP contribution is -2.10. The molecule has 0 radical (unpaired) electrons. The molecule has 6 rings (SSSR count). The number of benzene rings is 2. The number of nitrogens with one attached hydrogen (secondary N) is 2. The third-order valence-corrected chi connectivity index (χ3v) is 6.42. The highest BCUT2D eigenvalue weighted by Gasteiger charge is 2.16. The molecule has 4 heterocycles. The number of aromatic amines is 2. The van der Waals surface area contributed by atoms with Gasteiger partial charge in [0.15, 0.2) is 11.5 Å². The fourth-order valence-corrected chi connectivity index (χ4v) is 4.73. The summed E-state index contributed by atoms with van der Waals surface area (Å²) in [6.45, 7) is 3.08. The molecule has 0 bridgehead atoms. The Morgan fingerprint density at radius 3 is 2.58 bits per heavy atom. The van der Waals surface area contributed by atoms with Crippen molar-refractivity contribution in [3.05, 3.63) is 84.3 Å². The predicted molar refractivity (Wildman–Crippen MR) is 144 cm³/mol. The number of hydrogen-bond donors (Lipinski definition) is 2. The Morgan fingerprint density at radius 2 is 1.78 bits per heavy atom. The van der Waals surface area contributed by atoms with Crippen LogP contribution in [0.15, 0.2) is 73.2 Å². The predicted octanol–water partition coefficient (Wildman–Crippen LogP) is 5.85. The highest BCUT2D eigenvalue weighted by atomic mass is 15.2. The molecule has 7 nitrogen and oxygen atoms in total. The third kappa shape index (κ3) is 4.03. The van der Waals surface area contributed by atoms with Gasteiger partial charge in [-0.1, -0.05) is 37.3 Å². The van der Waals surface area contributed by atoms with Gasteiger partial charge in [0.25, 0.3) is 0 Å². The molecule has 0 aliphatic heterocycles. The van der Waals surface area contributed by atoms with Crippen molar-refractivity contribution in [1.29, 1.82) is 0 Å². The average Bonchev–Trinajstić information content (AvgIpc) is 3.52. The van der Waals surface area contributed by atoms with Crippen LogP contribution in [0.1, 0.15) is 18.1 Å². The second-order valence-corrected chi connectivity index (χ2v) is 9.35. The topological polar surface area (TPSA) is 86.4 Å². The first kappa shape index (κ1) is 22.1. The Labute approximate surface area is 209 Å². The summed E-state index contributed by atoms with van der Waals surface area (Å²) >= 11 is 0. The summed E-state index contributed by atoms with van der Waals surface area (Å²) < 4.78 is 0. The van der Waals surface area contributed by atoms with E-state index in [1.807, 2.05) is 36.7 Å². The summed E-state index contributed by atoms with van der Waals surface area (Å²) in [5, 5.41) is 8.56. The average molecular weight is 474 g/mol. The van der Waals surface area contributed by atoms with E-state index in [4.69, 9.17) is 4.98 Å². The fraction of sp³-hybridized carbons (Fsp3) is 0.172. The minimum atomic E-state index is 0.668. The molecule has 0 saturated carbocycles. The molecule has 0 aliphatic carbocycles. The second kappa shape index (κ2) is 9.02. The SMILES string of the molecule is CCc1cc(CN(C)C)cc(-c2cnc3n[nH]c(-c4nc5c(-c6cccnc6)cccc5[nH]4)c3c2)c1. The van der Waals surface area contributed by atoms with Gasteiger partial charge in [-0.25, -0.2) is 9.97 Å². The van der Waals surface area contributed by atoms with Crippen molar-refractivity contribution < 1.29 is 0 Å². The van der Waals surface area contributed by atoms with Crippen LogP contribution < -0.4 is 0 Å². The Morgan fingerprint density at radius 1 is 0.889 bits per heavy atom. The van der Waals surface area contributed by atoms with Crippen molar-refractivity contribution in [2.75, 3.05) is 14.1 Å². The summed E-state index contributed by atoms with van der Waals surface area (Å²) in [6.07, 6.45) is 6.53. The molecular formula is C29H27N7. The highest BCUT2D eigenvalue weighted by Crippen LogP contribution is 2.32. The van der Waals surface area contributed by atoms with Gasteiger partial charge in [-0.2, -0.15) is 5.10 Å². The summed E-state index contributed by atoms with van der Waals surface area (Å²) in [5.74, 6) is 0.735. The molecular weight excluding hydrogens is 446 g/mol. The molecule has 178 valence electrons. The van der Waals surface area contributed by atoms with Gasteiger partial charge >= 0.3 is 0 Å². The quantitative estimate of drug-likeness (QED) is 0.317. The van der Waals surface area contributed by atoms with E-state index in [0.717, 1.165) is 63.2 Å². The van der Waals surface area contributed by atoms with Gasteiger partial charge in [0.1, 0.15) is 5.69 Å². The molecule has 2 N–H and O–H groups in total. The molecule has 0 aliphatic rings. The van der Waals surface area contributed by atoms with E-state index in [9.17, 15) is 0 Å². The second-order valence-electron chi connectivity index (χ2n) is 9.35. The van der Waals surface area contributed by atoms with Crippen LogP contribution in [0.5, 0.6) is 0 Å². The van der Waals surface area contributed by atoms with Crippen LogP contribution in [0.2, 0.25) is 0 Å². The largest absolute Gasteiger partial charge is 0.337 e. The van der Waals surface area contributed by atoms with Crippen LogP contribution in [0.25, 0.3) is 55.8 Å². The van der Waals surface area contributed by atoms with E-state index < -0.39 is 0 Å². The van der Waals surface area contributed by atoms with Crippen LogP contribution in [0.3, 0.4) is 0 Å². The van der Waals surface area contributed by atoms with Gasteiger partial charge in [0.2, 0.25) is 0 Å². The molecule has 6 aromatic rings. The monoisotopic (exact) mass is 473 g/mol. The van der Waals surface area contributed by atoms with Gasteiger partial charge < -0.3 is 9.88 Å². The number of rotatable bonds is 6. The van der Waals surface area contributed by atoms with E-state index in [1.54, 1.807) is 6.20 Å². The summed E-state index contributed by atoms with van der Waals surface area (Å²) in [6, 6.07) is 19.1. The molecule has 0 unspecified atom stereocenters. The van der Waals surface area contributed by atoms with Crippen molar-refractivity contribution in [3.63, 3.8) is 0 Å². The first-order valence-electron chi connectivity index (χ1n) is 12.1. The maximum Gasteiger partial charge on any atom is 0.181 e. The number of H-pyrrole nitrogens is 2. The number of hydrogen-bond acceptors (Lipinski definition) is 5. The minimum Gasteiger partial charge on any atom is -0.337 e. The Bertz CT molecular complexity index is 1680. The smallest absolute Gasteiger partial charge is 0.181 e. The lowest BCUT2D eigenvalue weighted by Gasteiger charge is -2.13. The zero-order valence-electron chi connectivity index (χ0n) is 20.6. The van der Waals surface area contributed by atoms with Gasteiger partial charge in [0, 0.05) is 41.8 Å². The third-order valence-electron chi connectivity index (χ3n) is 6.42. The number of para-hydroxylation sites is 1. The number of nitrogens with zero attached hydrogens (tertiary/aromatic N) is 5. The normalized spacial score (nSPS) is 11.7. The van der Waals surface area contributed by atoms with Crippen molar-refractivity contribution in [1.82, 2.24) is 35.0 Å². The van der Waals surface area contributed by atoms with Crippen LogP contribution >= 0.6 is 0 Å². The van der Waals surface area contributed by atoms with Crippen molar-refractivity contribution in [3.8, 4) is 33.8 Å². The standard InChI is InChI=1S/C29H27N7/c1-4-18-11-19(17-36(2)3)13-21(12-18)22-14-24-27(34-35-28(24)31-16-22)29-32-25-9-5-8-23(26(25)33-29)20-7-6-10-30-15-20/h5-16H,4,17H2,1-3H3,(H,32,33)(H,31,34,35). The van der Waals surface area contributed by atoms with Crippen LogP contribution in [0.4, 0.5) is 0 Å². The Hall–Kier alpha value is -4.36. The first-order valence-corrected chi connectivity index (χ1v) is 12.1. The number of imidazole rings is 1. The number of aryl methyl sites for hydroxylation is 1.